The highest BCUT2D eigenvalue weighted by atomic mass is 19.4. The van der Waals surface area contributed by atoms with E-state index in [0.717, 1.165) is 6.07 Å². The van der Waals surface area contributed by atoms with E-state index in [1.54, 1.807) is 24.3 Å². The summed E-state index contributed by atoms with van der Waals surface area (Å²) in [4.78, 5) is 22.2. The fourth-order valence-electron chi connectivity index (χ4n) is 3.74. The van der Waals surface area contributed by atoms with E-state index >= 15 is 0 Å². The molecule has 1 aliphatic rings. The molecule has 174 valence electrons. The Morgan fingerprint density at radius 3 is 2.85 bits per heavy atom. The minimum atomic E-state index is -4.53. The summed E-state index contributed by atoms with van der Waals surface area (Å²) in [5.74, 6) is -0.365. The number of esters is 1. The van der Waals surface area contributed by atoms with Crippen molar-refractivity contribution < 1.29 is 32.0 Å². The Morgan fingerprint density at radius 1 is 1.24 bits per heavy atom. The second-order valence-electron chi connectivity index (χ2n) is 7.48. The zero-order valence-corrected chi connectivity index (χ0v) is 17.7. The van der Waals surface area contributed by atoms with E-state index < -0.39 is 23.6 Å². The van der Waals surface area contributed by atoms with Crippen molar-refractivity contribution in [1.82, 2.24) is 15.1 Å². The monoisotopic (exact) mass is 462 g/mol. The number of para-hydroxylation sites is 1. The normalized spacial score (nSPS) is 16.5. The van der Waals surface area contributed by atoms with Crippen LogP contribution in [0.2, 0.25) is 0 Å². The molecule has 1 unspecified atom stereocenters. The zero-order valence-electron chi connectivity index (χ0n) is 17.7. The predicted molar refractivity (Wildman–Crippen MR) is 110 cm³/mol. The van der Waals surface area contributed by atoms with Crippen LogP contribution in [0, 0.1) is 5.92 Å². The van der Waals surface area contributed by atoms with Crippen molar-refractivity contribution in [2.75, 3.05) is 25.1 Å². The number of carbonyl (C=O) groups is 1. The highest BCUT2D eigenvalue weighted by molar-refractivity contribution is 5.73. The molecule has 1 aromatic carbocycles. The number of rotatable bonds is 6. The molecule has 0 spiro atoms. The topological polar surface area (TPSA) is 90.6 Å². The van der Waals surface area contributed by atoms with Crippen molar-refractivity contribution >= 4 is 11.8 Å². The molecule has 1 saturated heterocycles. The molecule has 33 heavy (non-hydrogen) atoms. The molecule has 1 fully saturated rings. The quantitative estimate of drug-likeness (QED) is 0.506. The minimum Gasteiger partial charge on any atom is -0.496 e. The van der Waals surface area contributed by atoms with Crippen LogP contribution in [0.4, 0.5) is 19.0 Å². The molecule has 0 radical (unpaired) electrons. The number of nitrogens with zero attached hydrogens (tertiary/aromatic N) is 4. The molecular weight excluding hydrogens is 441 g/mol. The fraction of sp³-hybridized carbons (Fsp3) is 0.364. The van der Waals surface area contributed by atoms with Gasteiger partial charge in [-0.3, -0.25) is 4.79 Å². The second-order valence-corrected chi connectivity index (χ2v) is 7.48. The number of anilines is 1. The van der Waals surface area contributed by atoms with Crippen LogP contribution in [-0.2, 0) is 22.3 Å². The number of halogens is 3. The molecule has 0 aliphatic carbocycles. The lowest BCUT2D eigenvalue weighted by Gasteiger charge is -2.33. The van der Waals surface area contributed by atoms with E-state index in [1.807, 2.05) is 0 Å². The third-order valence-electron chi connectivity index (χ3n) is 5.30. The van der Waals surface area contributed by atoms with E-state index in [-0.39, 0.29) is 30.7 Å². The van der Waals surface area contributed by atoms with Gasteiger partial charge in [0.15, 0.2) is 6.61 Å². The van der Waals surface area contributed by atoms with Crippen LogP contribution < -0.4 is 9.64 Å². The van der Waals surface area contributed by atoms with Gasteiger partial charge < -0.3 is 18.9 Å². The summed E-state index contributed by atoms with van der Waals surface area (Å²) in [7, 11) is 1.53. The number of hydrogen-bond donors (Lipinski definition) is 0. The van der Waals surface area contributed by atoms with E-state index in [0.29, 0.717) is 30.7 Å². The van der Waals surface area contributed by atoms with Crippen molar-refractivity contribution in [1.29, 1.82) is 0 Å². The number of alkyl halides is 3. The van der Waals surface area contributed by atoms with Gasteiger partial charge in [-0.2, -0.15) is 18.2 Å². The molecule has 8 nitrogen and oxygen atoms in total. The lowest BCUT2D eigenvalue weighted by Crippen LogP contribution is -2.40. The van der Waals surface area contributed by atoms with Crippen molar-refractivity contribution in [3.05, 3.63) is 54.0 Å². The number of methoxy groups -OCH3 is 1. The maximum absolute atomic E-state index is 13.4. The van der Waals surface area contributed by atoms with Gasteiger partial charge in [0, 0.05) is 19.3 Å². The van der Waals surface area contributed by atoms with Crippen LogP contribution in [0.5, 0.6) is 5.75 Å². The SMILES string of the molecule is COc1ccccc1-c1noc(COC(=O)C2CCCN(c3ncccc3C(F)(F)F)C2)n1. The summed E-state index contributed by atoms with van der Waals surface area (Å²) in [6.45, 7) is 0.208. The van der Waals surface area contributed by atoms with Gasteiger partial charge in [0.2, 0.25) is 5.82 Å². The molecule has 4 rings (SSSR count). The Balaban J connectivity index is 1.40. The summed E-state index contributed by atoms with van der Waals surface area (Å²) in [5.41, 5.74) is -0.200. The lowest BCUT2D eigenvalue weighted by molar-refractivity contribution is -0.151. The number of benzene rings is 1. The maximum Gasteiger partial charge on any atom is 0.419 e. The van der Waals surface area contributed by atoms with Gasteiger partial charge in [-0.1, -0.05) is 17.3 Å². The van der Waals surface area contributed by atoms with Crippen LogP contribution in [0.25, 0.3) is 11.4 Å². The lowest BCUT2D eigenvalue weighted by atomic mass is 9.98. The largest absolute Gasteiger partial charge is 0.496 e. The van der Waals surface area contributed by atoms with Gasteiger partial charge in [0.1, 0.15) is 11.6 Å². The Kier molecular flexibility index (Phi) is 6.47. The number of pyridine rings is 1. The molecule has 0 bridgehead atoms. The second kappa shape index (κ2) is 9.47. The van der Waals surface area contributed by atoms with Crippen molar-refractivity contribution in [3.8, 4) is 17.1 Å². The van der Waals surface area contributed by atoms with Gasteiger partial charge in [0.25, 0.3) is 5.89 Å². The number of hydrogen-bond acceptors (Lipinski definition) is 8. The molecular formula is C22H21F3N4O4. The Labute approximate surface area is 187 Å². The van der Waals surface area contributed by atoms with Gasteiger partial charge in [0.05, 0.1) is 24.2 Å². The van der Waals surface area contributed by atoms with Crippen molar-refractivity contribution in [2.45, 2.75) is 25.6 Å². The molecule has 0 saturated carbocycles. The fourth-order valence-corrected chi connectivity index (χ4v) is 3.74. The average Bonchev–Trinajstić information content (AvgIpc) is 3.31. The summed E-state index contributed by atoms with van der Waals surface area (Å²) in [6.07, 6.45) is -2.19. The first-order valence-corrected chi connectivity index (χ1v) is 10.3. The highest BCUT2D eigenvalue weighted by Gasteiger charge is 2.37. The zero-order chi connectivity index (χ0) is 23.4. The third-order valence-corrected chi connectivity index (χ3v) is 5.30. The minimum absolute atomic E-state index is 0.0786. The van der Waals surface area contributed by atoms with E-state index in [2.05, 4.69) is 15.1 Å². The Hall–Kier alpha value is -3.63. The summed E-state index contributed by atoms with van der Waals surface area (Å²) in [5, 5.41) is 3.89. The van der Waals surface area contributed by atoms with E-state index in [9.17, 15) is 18.0 Å². The number of piperidine rings is 1. The van der Waals surface area contributed by atoms with Crippen LogP contribution in [0.15, 0.2) is 47.1 Å². The molecule has 2 aromatic heterocycles. The maximum atomic E-state index is 13.4. The molecule has 1 atom stereocenters. The molecule has 3 aromatic rings. The summed E-state index contributed by atoms with van der Waals surface area (Å²) in [6, 6.07) is 9.36. The predicted octanol–water partition coefficient (Wildman–Crippen LogP) is 4.12. The van der Waals surface area contributed by atoms with Crippen LogP contribution in [0.3, 0.4) is 0 Å². The van der Waals surface area contributed by atoms with Crippen LogP contribution >= 0.6 is 0 Å². The number of aromatic nitrogens is 3. The van der Waals surface area contributed by atoms with Crippen molar-refractivity contribution in [2.24, 2.45) is 5.92 Å². The molecule has 3 heterocycles. The summed E-state index contributed by atoms with van der Waals surface area (Å²) >= 11 is 0. The number of ether oxygens (including phenoxy) is 2. The van der Waals surface area contributed by atoms with Crippen LogP contribution in [0.1, 0.15) is 24.3 Å². The molecule has 0 amide bonds. The van der Waals surface area contributed by atoms with E-state index in [1.165, 1.54) is 24.3 Å². The summed E-state index contributed by atoms with van der Waals surface area (Å²) < 4.78 is 55.8. The van der Waals surface area contributed by atoms with Gasteiger partial charge in [-0.15, -0.1) is 0 Å². The van der Waals surface area contributed by atoms with Crippen LogP contribution in [-0.4, -0.2) is 41.3 Å². The molecule has 11 heteroatoms. The third kappa shape index (κ3) is 5.07. The number of carbonyl (C=O) groups excluding carboxylic acids is 1. The van der Waals surface area contributed by atoms with Gasteiger partial charge in [-0.05, 0) is 37.1 Å². The first-order chi connectivity index (χ1) is 15.9. The smallest absolute Gasteiger partial charge is 0.419 e. The Morgan fingerprint density at radius 2 is 2.06 bits per heavy atom. The van der Waals surface area contributed by atoms with Crippen molar-refractivity contribution in [3.63, 3.8) is 0 Å². The first-order valence-electron chi connectivity index (χ1n) is 10.3. The standard InChI is InChI=1S/C22H21F3N4O4/c1-31-17-9-3-2-7-15(17)19-27-18(33-28-19)13-32-21(30)14-6-5-11-29(12-14)20-16(22(23,24)25)8-4-10-26-20/h2-4,7-10,14H,5-6,11-13H2,1H3. The molecule has 1 aliphatic heterocycles. The molecule has 0 N–H and O–H groups in total. The average molecular weight is 462 g/mol. The Bertz CT molecular complexity index is 1120. The highest BCUT2D eigenvalue weighted by Crippen LogP contribution is 2.36. The van der Waals surface area contributed by atoms with Gasteiger partial charge in [-0.25, -0.2) is 4.98 Å². The first kappa shape index (κ1) is 22.6. The van der Waals surface area contributed by atoms with E-state index in [4.69, 9.17) is 14.0 Å². The van der Waals surface area contributed by atoms with Gasteiger partial charge >= 0.3 is 12.1 Å².